The van der Waals surface area contributed by atoms with Crippen molar-refractivity contribution in [3.63, 3.8) is 0 Å². The number of ether oxygens (including phenoxy) is 1. The lowest BCUT2D eigenvalue weighted by Crippen LogP contribution is -2.28. The first-order valence-electron chi connectivity index (χ1n) is 6.50. The molecule has 0 bridgehead atoms. The third-order valence-corrected chi connectivity index (χ3v) is 4.13. The molecule has 8 nitrogen and oxygen atoms in total. The van der Waals surface area contributed by atoms with Gasteiger partial charge in [0.15, 0.2) is 16.3 Å². The van der Waals surface area contributed by atoms with E-state index in [0.717, 1.165) is 0 Å². The first-order valence-corrected chi connectivity index (χ1v) is 7.38. The average Bonchev–Trinajstić information content (AvgIpc) is 2.87. The van der Waals surface area contributed by atoms with Crippen LogP contribution >= 0.6 is 11.8 Å². The number of aromatic amines is 2. The van der Waals surface area contributed by atoms with Crippen LogP contribution in [0.2, 0.25) is 0 Å². The minimum absolute atomic E-state index is 0.207. The molecule has 2 rings (SSSR count). The zero-order valence-corrected chi connectivity index (χ0v) is 12.7. The summed E-state index contributed by atoms with van der Waals surface area (Å²) in [4.78, 5) is 44.2. The fraction of sp³-hybridized carbons (Fsp3) is 0.500. The Kier molecular flexibility index (Phi) is 4.51. The van der Waals surface area contributed by atoms with Crippen LogP contribution in [0.1, 0.15) is 20.3 Å². The molecule has 0 spiro atoms. The number of thioether (sulfide) groups is 1. The third-order valence-electron chi connectivity index (χ3n) is 2.91. The Hall–Kier alpha value is -2.03. The fourth-order valence-corrected chi connectivity index (χ4v) is 2.71. The first-order chi connectivity index (χ1) is 9.97. The third kappa shape index (κ3) is 3.02. The second-order valence-corrected chi connectivity index (χ2v) is 5.52. The van der Waals surface area contributed by atoms with E-state index in [1.54, 1.807) is 6.92 Å². The first kappa shape index (κ1) is 15.4. The molecule has 0 aliphatic carbocycles. The van der Waals surface area contributed by atoms with Crippen LogP contribution in [0, 0.1) is 0 Å². The van der Waals surface area contributed by atoms with E-state index in [4.69, 9.17) is 4.74 Å². The Morgan fingerprint density at radius 2 is 2.10 bits per heavy atom. The van der Waals surface area contributed by atoms with Gasteiger partial charge in [0.1, 0.15) is 5.25 Å². The Labute approximate surface area is 123 Å². The topological polar surface area (TPSA) is 110 Å². The maximum absolute atomic E-state index is 11.8. The van der Waals surface area contributed by atoms with E-state index in [0.29, 0.717) is 18.2 Å². The molecule has 0 saturated heterocycles. The highest BCUT2D eigenvalue weighted by molar-refractivity contribution is 8.00. The van der Waals surface area contributed by atoms with Crippen molar-refractivity contribution in [1.29, 1.82) is 0 Å². The van der Waals surface area contributed by atoms with Gasteiger partial charge in [-0.2, -0.15) is 0 Å². The highest BCUT2D eigenvalue weighted by atomic mass is 32.2. The van der Waals surface area contributed by atoms with E-state index in [1.165, 1.54) is 23.4 Å². The standard InChI is InChI=1S/C12H16N4O4S/c1-4-6(10(18)20-5-2)21-11-13-7-8(14-11)16(3)12(19)15-9(7)17/h6H,4-5H2,1-3H3,(H,13,14)(H,15,17,19). The van der Waals surface area contributed by atoms with Crippen molar-refractivity contribution in [3.05, 3.63) is 20.8 Å². The van der Waals surface area contributed by atoms with Crippen LogP contribution in [0.15, 0.2) is 14.7 Å². The maximum atomic E-state index is 11.8. The number of hydrogen-bond donors (Lipinski definition) is 2. The molecule has 0 aromatic carbocycles. The molecule has 2 aromatic rings. The van der Waals surface area contributed by atoms with Gasteiger partial charge in [-0.25, -0.2) is 9.78 Å². The number of rotatable bonds is 5. The monoisotopic (exact) mass is 312 g/mol. The van der Waals surface area contributed by atoms with Gasteiger partial charge in [0.25, 0.3) is 5.56 Å². The molecule has 0 fully saturated rings. The maximum Gasteiger partial charge on any atom is 0.329 e. The number of esters is 1. The average molecular weight is 312 g/mol. The van der Waals surface area contributed by atoms with Crippen molar-refractivity contribution >= 4 is 28.9 Å². The highest BCUT2D eigenvalue weighted by Crippen LogP contribution is 2.24. The van der Waals surface area contributed by atoms with Crippen molar-refractivity contribution in [1.82, 2.24) is 19.5 Å². The molecule has 114 valence electrons. The molecule has 2 N–H and O–H groups in total. The smallest absolute Gasteiger partial charge is 0.329 e. The molecule has 0 amide bonds. The van der Waals surface area contributed by atoms with Crippen LogP contribution in [0.5, 0.6) is 0 Å². The van der Waals surface area contributed by atoms with Crippen molar-refractivity contribution in [3.8, 4) is 0 Å². The second kappa shape index (κ2) is 6.17. The van der Waals surface area contributed by atoms with Crippen molar-refractivity contribution < 1.29 is 9.53 Å². The number of fused-ring (bicyclic) bond motifs is 1. The van der Waals surface area contributed by atoms with Crippen LogP contribution in [-0.4, -0.2) is 37.3 Å². The van der Waals surface area contributed by atoms with E-state index in [9.17, 15) is 14.4 Å². The summed E-state index contributed by atoms with van der Waals surface area (Å²) in [6, 6.07) is 0. The van der Waals surface area contributed by atoms with Gasteiger partial charge in [-0.3, -0.25) is 19.1 Å². The Balaban J connectivity index is 2.37. The lowest BCUT2D eigenvalue weighted by Gasteiger charge is -2.10. The zero-order chi connectivity index (χ0) is 15.6. The number of nitrogens with zero attached hydrogens (tertiary/aromatic N) is 2. The van der Waals surface area contributed by atoms with Crippen LogP contribution in [0.25, 0.3) is 11.2 Å². The van der Waals surface area contributed by atoms with Crippen LogP contribution < -0.4 is 11.2 Å². The molecule has 0 aliphatic heterocycles. The number of carbonyl (C=O) groups excluding carboxylic acids is 1. The summed E-state index contributed by atoms with van der Waals surface area (Å²) >= 11 is 1.18. The number of hydrogen-bond acceptors (Lipinski definition) is 6. The molecule has 1 unspecified atom stereocenters. The highest BCUT2D eigenvalue weighted by Gasteiger charge is 2.21. The minimum Gasteiger partial charge on any atom is -0.465 e. The molecule has 2 aromatic heterocycles. The number of nitrogens with one attached hydrogen (secondary N) is 2. The Morgan fingerprint density at radius 1 is 1.38 bits per heavy atom. The molecule has 21 heavy (non-hydrogen) atoms. The summed E-state index contributed by atoms with van der Waals surface area (Å²) in [5.74, 6) is -0.326. The van der Waals surface area contributed by atoms with Gasteiger partial charge in [-0.1, -0.05) is 18.7 Å². The number of imidazole rings is 1. The predicted molar refractivity (Wildman–Crippen MR) is 78.5 cm³/mol. The second-order valence-electron chi connectivity index (χ2n) is 4.33. The lowest BCUT2D eigenvalue weighted by atomic mass is 10.3. The predicted octanol–water partition coefficient (Wildman–Crippen LogP) is 0.384. The normalized spacial score (nSPS) is 12.5. The van der Waals surface area contributed by atoms with Crippen LogP contribution in [0.3, 0.4) is 0 Å². The van der Waals surface area contributed by atoms with Gasteiger partial charge in [-0.05, 0) is 13.3 Å². The SMILES string of the molecule is CCOC(=O)C(CC)Sc1nc2c([nH]1)c(=O)[nH]c(=O)n2C. The number of carbonyl (C=O) groups is 1. The quantitative estimate of drug-likeness (QED) is 0.610. The van der Waals surface area contributed by atoms with Gasteiger partial charge in [-0.15, -0.1) is 0 Å². The Bertz CT molecular complexity index is 776. The molecule has 2 heterocycles. The molecule has 0 radical (unpaired) electrons. The molecule has 0 aliphatic rings. The lowest BCUT2D eigenvalue weighted by molar-refractivity contribution is -0.142. The van der Waals surface area contributed by atoms with Crippen LogP contribution in [-0.2, 0) is 16.6 Å². The van der Waals surface area contributed by atoms with Gasteiger partial charge in [0, 0.05) is 7.05 Å². The summed E-state index contributed by atoms with van der Waals surface area (Å²) in [6.07, 6.45) is 0.565. The number of aryl methyl sites for hydroxylation is 1. The van der Waals surface area contributed by atoms with Crippen LogP contribution in [0.4, 0.5) is 0 Å². The van der Waals surface area contributed by atoms with E-state index in [-0.39, 0.29) is 17.1 Å². The summed E-state index contributed by atoms with van der Waals surface area (Å²) < 4.78 is 6.22. The number of aromatic nitrogens is 4. The number of H-pyrrole nitrogens is 2. The molecule has 1 atom stereocenters. The Morgan fingerprint density at radius 3 is 2.71 bits per heavy atom. The van der Waals surface area contributed by atoms with E-state index >= 15 is 0 Å². The van der Waals surface area contributed by atoms with Gasteiger partial charge in [0.05, 0.1) is 6.61 Å². The molecular weight excluding hydrogens is 296 g/mol. The fourth-order valence-electron chi connectivity index (χ4n) is 1.81. The molecule has 0 saturated carbocycles. The summed E-state index contributed by atoms with van der Waals surface area (Å²) in [5.41, 5.74) is -0.604. The van der Waals surface area contributed by atoms with E-state index in [2.05, 4.69) is 15.0 Å². The van der Waals surface area contributed by atoms with E-state index < -0.39 is 16.5 Å². The summed E-state index contributed by atoms with van der Waals surface area (Å²) in [6.45, 7) is 3.91. The van der Waals surface area contributed by atoms with Crippen molar-refractivity contribution in [2.45, 2.75) is 30.7 Å². The molecule has 9 heteroatoms. The zero-order valence-electron chi connectivity index (χ0n) is 11.9. The van der Waals surface area contributed by atoms with Gasteiger partial charge >= 0.3 is 11.7 Å². The van der Waals surface area contributed by atoms with Gasteiger partial charge < -0.3 is 9.72 Å². The summed E-state index contributed by atoms with van der Waals surface area (Å²) in [7, 11) is 1.51. The van der Waals surface area contributed by atoms with Crippen molar-refractivity contribution in [2.75, 3.05) is 6.61 Å². The largest absolute Gasteiger partial charge is 0.465 e. The summed E-state index contributed by atoms with van der Waals surface area (Å²) in [5, 5.41) is -0.0155. The van der Waals surface area contributed by atoms with Gasteiger partial charge in [0.2, 0.25) is 0 Å². The van der Waals surface area contributed by atoms with E-state index in [1.807, 2.05) is 6.92 Å². The van der Waals surface area contributed by atoms with Crippen molar-refractivity contribution in [2.24, 2.45) is 7.05 Å². The minimum atomic E-state index is -0.534. The molecular formula is C12H16N4O4S.